The summed E-state index contributed by atoms with van der Waals surface area (Å²) in [5.74, 6) is 0.337. The molecule has 0 heterocycles. The van der Waals surface area contributed by atoms with Gasteiger partial charge in [0.1, 0.15) is 5.75 Å². The standard InChI is InChI=1S/C16H25NO3/c1-3-19-16(20-4-2)11-17-15-7-5-6-12-8-9-13(18)10-14(12)15/h8-10,15-18H,3-7,11H2,1-2H3. The third-order valence-electron chi connectivity index (χ3n) is 3.68. The van der Waals surface area contributed by atoms with Crippen LogP contribution in [0.4, 0.5) is 0 Å². The molecule has 0 saturated heterocycles. The Morgan fingerprint density at radius 2 is 2.05 bits per heavy atom. The number of rotatable bonds is 7. The molecule has 20 heavy (non-hydrogen) atoms. The summed E-state index contributed by atoms with van der Waals surface area (Å²) in [5.41, 5.74) is 2.54. The van der Waals surface area contributed by atoms with E-state index in [9.17, 15) is 5.11 Å². The molecule has 112 valence electrons. The van der Waals surface area contributed by atoms with E-state index in [2.05, 4.69) is 5.32 Å². The number of aryl methyl sites for hydroxylation is 1. The number of hydrogen-bond acceptors (Lipinski definition) is 4. The lowest BCUT2D eigenvalue weighted by molar-refractivity contribution is -0.134. The van der Waals surface area contributed by atoms with Crippen molar-refractivity contribution in [2.45, 2.75) is 45.4 Å². The minimum Gasteiger partial charge on any atom is -0.508 e. The van der Waals surface area contributed by atoms with E-state index in [0.717, 1.165) is 12.8 Å². The maximum atomic E-state index is 9.67. The van der Waals surface area contributed by atoms with Crippen molar-refractivity contribution < 1.29 is 14.6 Å². The molecule has 0 aromatic heterocycles. The number of aromatic hydroxyl groups is 1. The normalized spacial score (nSPS) is 18.2. The van der Waals surface area contributed by atoms with Gasteiger partial charge in [-0.1, -0.05) is 6.07 Å². The van der Waals surface area contributed by atoms with Gasteiger partial charge in [-0.25, -0.2) is 0 Å². The first-order valence-corrected chi connectivity index (χ1v) is 7.53. The monoisotopic (exact) mass is 279 g/mol. The molecular weight excluding hydrogens is 254 g/mol. The first kappa shape index (κ1) is 15.3. The Kier molecular flexibility index (Phi) is 5.83. The van der Waals surface area contributed by atoms with Crippen molar-refractivity contribution >= 4 is 0 Å². The van der Waals surface area contributed by atoms with Crippen molar-refractivity contribution in [2.24, 2.45) is 0 Å². The van der Waals surface area contributed by atoms with Gasteiger partial charge < -0.3 is 19.9 Å². The first-order chi connectivity index (χ1) is 9.74. The first-order valence-electron chi connectivity index (χ1n) is 7.53. The Morgan fingerprint density at radius 3 is 2.75 bits per heavy atom. The maximum absolute atomic E-state index is 9.67. The van der Waals surface area contributed by atoms with Gasteiger partial charge in [-0.2, -0.15) is 0 Å². The summed E-state index contributed by atoms with van der Waals surface area (Å²) >= 11 is 0. The average Bonchev–Trinajstić information content (AvgIpc) is 2.45. The molecule has 1 aliphatic rings. The summed E-state index contributed by atoms with van der Waals surface area (Å²) in [4.78, 5) is 0. The summed E-state index contributed by atoms with van der Waals surface area (Å²) in [5, 5.41) is 13.2. The van der Waals surface area contributed by atoms with Crippen molar-refractivity contribution in [1.29, 1.82) is 0 Å². The van der Waals surface area contributed by atoms with Crippen molar-refractivity contribution in [1.82, 2.24) is 5.32 Å². The van der Waals surface area contributed by atoms with E-state index in [1.807, 2.05) is 26.0 Å². The van der Waals surface area contributed by atoms with Crippen LogP contribution < -0.4 is 5.32 Å². The van der Waals surface area contributed by atoms with E-state index >= 15 is 0 Å². The minimum atomic E-state index is -0.201. The van der Waals surface area contributed by atoms with E-state index in [4.69, 9.17) is 9.47 Å². The largest absolute Gasteiger partial charge is 0.508 e. The Bertz CT molecular complexity index is 416. The van der Waals surface area contributed by atoms with Crippen LogP contribution in [0.1, 0.15) is 43.9 Å². The molecule has 4 heteroatoms. The summed E-state index contributed by atoms with van der Waals surface area (Å²) in [6.07, 6.45) is 3.14. The lowest BCUT2D eigenvalue weighted by Gasteiger charge is -2.28. The van der Waals surface area contributed by atoms with Gasteiger partial charge in [0.2, 0.25) is 0 Å². The van der Waals surface area contributed by atoms with E-state index in [0.29, 0.717) is 25.5 Å². The molecule has 0 radical (unpaired) electrons. The van der Waals surface area contributed by atoms with Crippen molar-refractivity contribution in [3.63, 3.8) is 0 Å². The van der Waals surface area contributed by atoms with Gasteiger partial charge in [-0.05, 0) is 56.4 Å². The van der Waals surface area contributed by atoms with Crippen LogP contribution >= 0.6 is 0 Å². The molecular formula is C16H25NO3. The summed E-state index contributed by atoms with van der Waals surface area (Å²) < 4.78 is 11.1. The molecule has 0 spiro atoms. The molecule has 1 atom stereocenters. The Morgan fingerprint density at radius 1 is 1.30 bits per heavy atom. The number of phenols is 1. The van der Waals surface area contributed by atoms with Gasteiger partial charge in [0, 0.05) is 25.8 Å². The molecule has 1 unspecified atom stereocenters. The zero-order valence-electron chi connectivity index (χ0n) is 12.4. The van der Waals surface area contributed by atoms with E-state index in [1.54, 1.807) is 6.07 Å². The van der Waals surface area contributed by atoms with Crippen LogP contribution in [0.25, 0.3) is 0 Å². The molecule has 1 aromatic rings. The second-order valence-electron chi connectivity index (χ2n) is 5.08. The topological polar surface area (TPSA) is 50.7 Å². The smallest absolute Gasteiger partial charge is 0.169 e. The van der Waals surface area contributed by atoms with Gasteiger partial charge in [-0.3, -0.25) is 0 Å². The van der Waals surface area contributed by atoms with Gasteiger partial charge >= 0.3 is 0 Å². The van der Waals surface area contributed by atoms with Crippen LogP contribution in [0.5, 0.6) is 5.75 Å². The molecule has 0 amide bonds. The average molecular weight is 279 g/mol. The fourth-order valence-electron chi connectivity index (χ4n) is 2.77. The fourth-order valence-corrected chi connectivity index (χ4v) is 2.77. The molecule has 0 saturated carbocycles. The highest BCUT2D eigenvalue weighted by molar-refractivity contribution is 5.38. The number of hydrogen-bond donors (Lipinski definition) is 2. The van der Waals surface area contributed by atoms with Crippen LogP contribution in [0.3, 0.4) is 0 Å². The highest BCUT2D eigenvalue weighted by Gasteiger charge is 2.21. The Labute approximate surface area is 121 Å². The fraction of sp³-hybridized carbons (Fsp3) is 0.625. The van der Waals surface area contributed by atoms with Crippen LogP contribution in [-0.4, -0.2) is 31.2 Å². The number of phenolic OH excluding ortho intramolecular Hbond substituents is 1. The second kappa shape index (κ2) is 7.62. The highest BCUT2D eigenvalue weighted by Crippen LogP contribution is 2.32. The van der Waals surface area contributed by atoms with Crippen LogP contribution in [-0.2, 0) is 15.9 Å². The van der Waals surface area contributed by atoms with Gasteiger partial charge in [0.15, 0.2) is 6.29 Å². The molecule has 0 bridgehead atoms. The number of benzene rings is 1. The van der Waals surface area contributed by atoms with Crippen LogP contribution in [0, 0.1) is 0 Å². The number of fused-ring (bicyclic) bond motifs is 1. The lowest BCUT2D eigenvalue weighted by Crippen LogP contribution is -2.35. The zero-order chi connectivity index (χ0) is 14.4. The SMILES string of the molecule is CCOC(CNC1CCCc2ccc(O)cc21)OCC. The molecule has 1 aliphatic carbocycles. The van der Waals surface area contributed by atoms with Gasteiger partial charge in [0.05, 0.1) is 0 Å². The van der Waals surface area contributed by atoms with Crippen LogP contribution in [0.2, 0.25) is 0 Å². The summed E-state index contributed by atoms with van der Waals surface area (Å²) in [7, 11) is 0. The quantitative estimate of drug-likeness (QED) is 0.754. The maximum Gasteiger partial charge on any atom is 0.169 e. The predicted octanol–water partition coefficient (Wildman–Crippen LogP) is 2.76. The van der Waals surface area contributed by atoms with Crippen molar-refractivity contribution in [2.75, 3.05) is 19.8 Å². The third-order valence-corrected chi connectivity index (χ3v) is 3.68. The Balaban J connectivity index is 1.98. The summed E-state index contributed by atoms with van der Waals surface area (Å²) in [6.45, 7) is 5.91. The molecule has 2 rings (SSSR count). The lowest BCUT2D eigenvalue weighted by atomic mass is 9.87. The van der Waals surface area contributed by atoms with Crippen molar-refractivity contribution in [3.05, 3.63) is 29.3 Å². The molecule has 1 aromatic carbocycles. The molecule has 4 nitrogen and oxygen atoms in total. The Hall–Kier alpha value is -1.10. The van der Waals surface area contributed by atoms with Crippen LogP contribution in [0.15, 0.2) is 18.2 Å². The number of ether oxygens (including phenoxy) is 2. The highest BCUT2D eigenvalue weighted by atomic mass is 16.7. The van der Waals surface area contributed by atoms with E-state index in [1.165, 1.54) is 17.5 Å². The van der Waals surface area contributed by atoms with Gasteiger partial charge in [-0.15, -0.1) is 0 Å². The van der Waals surface area contributed by atoms with E-state index in [-0.39, 0.29) is 12.3 Å². The predicted molar refractivity (Wildman–Crippen MR) is 78.8 cm³/mol. The second-order valence-corrected chi connectivity index (χ2v) is 5.08. The molecule has 2 N–H and O–H groups in total. The molecule has 0 aliphatic heterocycles. The minimum absolute atomic E-state index is 0.201. The third kappa shape index (κ3) is 3.95. The summed E-state index contributed by atoms with van der Waals surface area (Å²) in [6, 6.07) is 5.95. The van der Waals surface area contributed by atoms with Gasteiger partial charge in [0.25, 0.3) is 0 Å². The zero-order valence-corrected chi connectivity index (χ0v) is 12.4. The number of nitrogens with one attached hydrogen (secondary N) is 1. The molecule has 0 fully saturated rings. The van der Waals surface area contributed by atoms with Crippen molar-refractivity contribution in [3.8, 4) is 5.75 Å². The van der Waals surface area contributed by atoms with E-state index < -0.39 is 0 Å².